The molecule has 1 heterocycles. The molecular formula is C13H17ClN2O3. The molecule has 1 unspecified atom stereocenters. The van der Waals surface area contributed by atoms with Crippen molar-refractivity contribution in [1.82, 2.24) is 0 Å². The molecule has 104 valence electrons. The lowest BCUT2D eigenvalue weighted by Crippen LogP contribution is -2.17. The van der Waals surface area contributed by atoms with E-state index in [1.54, 1.807) is 18.2 Å². The standard InChI is InChI=1S/C13H17ClN2O3/c14-10-4-1-5-11(12(10)13(15)16-17)19-8-6-9-3-2-7-18-9/h1,4-5,9,17H,2-3,6-8H2,(H2,15,16). The summed E-state index contributed by atoms with van der Waals surface area (Å²) < 4.78 is 11.2. The van der Waals surface area contributed by atoms with Crippen LogP contribution in [0.25, 0.3) is 0 Å². The van der Waals surface area contributed by atoms with Gasteiger partial charge in [0, 0.05) is 13.0 Å². The predicted molar refractivity (Wildman–Crippen MR) is 73.0 cm³/mol. The first-order valence-corrected chi connectivity index (χ1v) is 6.61. The molecule has 0 radical (unpaired) electrons. The first-order chi connectivity index (χ1) is 9.22. The molecule has 0 amide bonds. The molecule has 0 aliphatic carbocycles. The van der Waals surface area contributed by atoms with Gasteiger partial charge in [-0.1, -0.05) is 22.8 Å². The van der Waals surface area contributed by atoms with Crippen LogP contribution in [-0.2, 0) is 4.74 Å². The maximum Gasteiger partial charge on any atom is 0.175 e. The average molecular weight is 285 g/mol. The second kappa shape index (κ2) is 6.63. The van der Waals surface area contributed by atoms with E-state index in [9.17, 15) is 0 Å². The topological polar surface area (TPSA) is 77.1 Å². The molecule has 2 rings (SSSR count). The maximum absolute atomic E-state index is 8.76. The van der Waals surface area contributed by atoms with Crippen molar-refractivity contribution in [3.8, 4) is 5.75 Å². The Morgan fingerprint density at radius 1 is 1.58 bits per heavy atom. The summed E-state index contributed by atoms with van der Waals surface area (Å²) in [6, 6.07) is 5.18. The fourth-order valence-electron chi connectivity index (χ4n) is 2.10. The van der Waals surface area contributed by atoms with Gasteiger partial charge in [0.1, 0.15) is 5.75 Å². The van der Waals surface area contributed by atoms with E-state index in [4.69, 9.17) is 32.0 Å². The van der Waals surface area contributed by atoms with E-state index in [-0.39, 0.29) is 11.9 Å². The smallest absolute Gasteiger partial charge is 0.175 e. The van der Waals surface area contributed by atoms with Crippen molar-refractivity contribution < 1.29 is 14.7 Å². The fraction of sp³-hybridized carbons (Fsp3) is 0.462. The molecule has 0 aromatic heterocycles. The second-order valence-electron chi connectivity index (χ2n) is 4.37. The largest absolute Gasteiger partial charge is 0.493 e. The number of hydrogen-bond acceptors (Lipinski definition) is 4. The Hall–Kier alpha value is -1.46. The van der Waals surface area contributed by atoms with Crippen molar-refractivity contribution in [3.63, 3.8) is 0 Å². The van der Waals surface area contributed by atoms with Gasteiger partial charge in [0.15, 0.2) is 5.84 Å². The molecule has 0 saturated carbocycles. The first kappa shape index (κ1) is 14.0. The third kappa shape index (κ3) is 3.52. The first-order valence-electron chi connectivity index (χ1n) is 6.23. The lowest BCUT2D eigenvalue weighted by atomic mass is 10.1. The van der Waals surface area contributed by atoms with E-state index in [0.29, 0.717) is 22.9 Å². The van der Waals surface area contributed by atoms with Crippen molar-refractivity contribution in [2.24, 2.45) is 10.9 Å². The number of nitrogens with two attached hydrogens (primary N) is 1. The van der Waals surface area contributed by atoms with Crippen molar-refractivity contribution in [3.05, 3.63) is 28.8 Å². The van der Waals surface area contributed by atoms with Crippen LogP contribution in [0.3, 0.4) is 0 Å². The van der Waals surface area contributed by atoms with Gasteiger partial charge in [-0.05, 0) is 25.0 Å². The summed E-state index contributed by atoms with van der Waals surface area (Å²) in [5.74, 6) is 0.457. The Balaban J connectivity index is 2.01. The van der Waals surface area contributed by atoms with Crippen molar-refractivity contribution >= 4 is 17.4 Å². The predicted octanol–water partition coefficient (Wildman–Crippen LogP) is 2.38. The molecule has 3 N–H and O–H groups in total. The average Bonchev–Trinajstić information content (AvgIpc) is 2.91. The maximum atomic E-state index is 8.76. The summed E-state index contributed by atoms with van der Waals surface area (Å²) in [5.41, 5.74) is 6.02. The van der Waals surface area contributed by atoms with E-state index in [1.165, 1.54) is 0 Å². The normalized spacial score (nSPS) is 19.6. The monoisotopic (exact) mass is 284 g/mol. The molecule has 0 spiro atoms. The minimum absolute atomic E-state index is 0.0577. The third-order valence-electron chi connectivity index (χ3n) is 3.06. The van der Waals surface area contributed by atoms with Gasteiger partial charge in [-0.3, -0.25) is 0 Å². The molecule has 1 fully saturated rings. The molecular weight excluding hydrogens is 268 g/mol. The molecule has 19 heavy (non-hydrogen) atoms. The van der Waals surface area contributed by atoms with E-state index in [1.807, 2.05) is 0 Å². The highest BCUT2D eigenvalue weighted by Gasteiger charge is 2.17. The summed E-state index contributed by atoms with van der Waals surface area (Å²) in [6.45, 7) is 1.34. The Bertz CT molecular complexity index is 459. The minimum atomic E-state index is -0.0577. The van der Waals surface area contributed by atoms with Gasteiger partial charge in [0.05, 0.1) is 23.3 Å². The number of oxime groups is 1. The minimum Gasteiger partial charge on any atom is -0.493 e. The number of benzene rings is 1. The van der Waals surface area contributed by atoms with Crippen LogP contribution in [0, 0.1) is 0 Å². The summed E-state index contributed by atoms with van der Waals surface area (Å²) in [7, 11) is 0. The molecule has 1 aliphatic rings. The molecule has 1 atom stereocenters. The van der Waals surface area contributed by atoms with Gasteiger partial charge in [-0.2, -0.15) is 0 Å². The summed E-state index contributed by atoms with van der Waals surface area (Å²) >= 11 is 6.03. The van der Waals surface area contributed by atoms with Gasteiger partial charge in [-0.15, -0.1) is 0 Å². The summed E-state index contributed by atoms with van der Waals surface area (Å²) in [6.07, 6.45) is 3.28. The van der Waals surface area contributed by atoms with Crippen LogP contribution in [0.15, 0.2) is 23.4 Å². The highest BCUT2D eigenvalue weighted by Crippen LogP contribution is 2.26. The number of nitrogens with zero attached hydrogens (tertiary/aromatic N) is 1. The van der Waals surface area contributed by atoms with Crippen LogP contribution < -0.4 is 10.5 Å². The number of halogens is 1. The lowest BCUT2D eigenvalue weighted by molar-refractivity contribution is 0.0903. The summed E-state index contributed by atoms with van der Waals surface area (Å²) in [5, 5.41) is 12.1. The highest BCUT2D eigenvalue weighted by molar-refractivity contribution is 6.34. The van der Waals surface area contributed by atoms with Gasteiger partial charge in [0.25, 0.3) is 0 Å². The van der Waals surface area contributed by atoms with Gasteiger partial charge < -0.3 is 20.4 Å². The molecule has 5 nitrogen and oxygen atoms in total. The summed E-state index contributed by atoms with van der Waals surface area (Å²) in [4.78, 5) is 0. The van der Waals surface area contributed by atoms with Crippen LogP contribution in [-0.4, -0.2) is 30.4 Å². The molecule has 1 aliphatic heterocycles. The van der Waals surface area contributed by atoms with Gasteiger partial charge in [0.2, 0.25) is 0 Å². The highest BCUT2D eigenvalue weighted by atomic mass is 35.5. The Morgan fingerprint density at radius 3 is 3.11 bits per heavy atom. The van der Waals surface area contributed by atoms with Crippen LogP contribution in [0.2, 0.25) is 5.02 Å². The van der Waals surface area contributed by atoms with E-state index >= 15 is 0 Å². The molecule has 1 aromatic carbocycles. The quantitative estimate of drug-likeness (QED) is 0.377. The van der Waals surface area contributed by atoms with E-state index < -0.39 is 0 Å². The van der Waals surface area contributed by atoms with Crippen LogP contribution in [0.4, 0.5) is 0 Å². The molecule has 6 heteroatoms. The Morgan fingerprint density at radius 2 is 2.42 bits per heavy atom. The van der Waals surface area contributed by atoms with Gasteiger partial charge >= 0.3 is 0 Å². The Kier molecular flexibility index (Phi) is 4.87. The van der Waals surface area contributed by atoms with Crippen molar-refractivity contribution in [2.75, 3.05) is 13.2 Å². The van der Waals surface area contributed by atoms with Crippen LogP contribution >= 0.6 is 11.6 Å². The zero-order valence-corrected chi connectivity index (χ0v) is 11.3. The number of rotatable bonds is 5. The van der Waals surface area contributed by atoms with E-state index in [0.717, 1.165) is 25.9 Å². The van der Waals surface area contributed by atoms with Crippen molar-refractivity contribution in [1.29, 1.82) is 0 Å². The third-order valence-corrected chi connectivity index (χ3v) is 3.38. The van der Waals surface area contributed by atoms with Crippen molar-refractivity contribution in [2.45, 2.75) is 25.4 Å². The lowest BCUT2D eigenvalue weighted by Gasteiger charge is -2.14. The molecule has 1 saturated heterocycles. The van der Waals surface area contributed by atoms with Crippen LogP contribution in [0.5, 0.6) is 5.75 Å². The van der Waals surface area contributed by atoms with Gasteiger partial charge in [-0.25, -0.2) is 0 Å². The number of hydrogen-bond donors (Lipinski definition) is 2. The second-order valence-corrected chi connectivity index (χ2v) is 4.78. The van der Waals surface area contributed by atoms with E-state index in [2.05, 4.69) is 5.16 Å². The number of amidine groups is 1. The molecule has 1 aromatic rings. The Labute approximate surface area is 116 Å². The number of ether oxygens (including phenoxy) is 2. The SMILES string of the molecule is N/C(=N/O)c1c(Cl)cccc1OCCC1CCCO1. The fourth-order valence-corrected chi connectivity index (χ4v) is 2.36. The zero-order valence-electron chi connectivity index (χ0n) is 10.5. The molecule has 0 bridgehead atoms. The zero-order chi connectivity index (χ0) is 13.7. The van der Waals surface area contributed by atoms with Crippen LogP contribution in [0.1, 0.15) is 24.8 Å².